The van der Waals surface area contributed by atoms with E-state index in [-0.39, 0.29) is 17.0 Å². The first-order valence-corrected chi connectivity index (χ1v) is 11.3. The number of hydrogen-bond donors (Lipinski definition) is 1. The summed E-state index contributed by atoms with van der Waals surface area (Å²) in [5.41, 5.74) is 0.810. The van der Waals surface area contributed by atoms with Crippen molar-refractivity contribution in [3.8, 4) is 0 Å². The number of hydrogen-bond acceptors (Lipinski definition) is 4. The average molecular weight is 424 g/mol. The van der Waals surface area contributed by atoms with Crippen LogP contribution in [0.4, 0.5) is 14.6 Å². The minimum absolute atomic E-state index is 0.0451. The summed E-state index contributed by atoms with van der Waals surface area (Å²) in [7, 11) is 0. The lowest BCUT2D eigenvalue weighted by Gasteiger charge is -2.57. The second-order valence-corrected chi connectivity index (χ2v) is 10.2. The number of nitrogens with one attached hydrogen (secondary N) is 1. The number of fused-ring (bicyclic) bond motifs is 1. The maximum Gasteiger partial charge on any atom is 0.276 e. The smallest absolute Gasteiger partial charge is 0.276 e. The predicted molar refractivity (Wildman–Crippen MR) is 114 cm³/mol. The molecule has 1 atom stereocenters. The van der Waals surface area contributed by atoms with Crippen LogP contribution >= 0.6 is 0 Å². The summed E-state index contributed by atoms with van der Waals surface area (Å²) >= 11 is 0. The lowest BCUT2D eigenvalue weighted by molar-refractivity contribution is 0.0105. The molecule has 0 saturated heterocycles. The number of benzene rings is 1. The van der Waals surface area contributed by atoms with E-state index in [0.717, 1.165) is 43.1 Å². The van der Waals surface area contributed by atoms with Crippen molar-refractivity contribution in [3.63, 3.8) is 0 Å². The topological polar surface area (TPSA) is 59.3 Å². The fourth-order valence-corrected chi connectivity index (χ4v) is 7.04. The van der Waals surface area contributed by atoms with E-state index in [9.17, 15) is 13.6 Å². The van der Waals surface area contributed by atoms with Crippen molar-refractivity contribution >= 4 is 11.5 Å². The normalized spacial score (nSPS) is 33.2. The molecule has 5 nitrogen and oxygen atoms in total. The van der Waals surface area contributed by atoms with Crippen LogP contribution in [0.15, 0.2) is 34.2 Å². The molecule has 0 radical (unpaired) electrons. The standard InChI is InChI=1S/C24H26F2N4O/c1-13-19(18-3-2-17(25)7-20(18)26)8-22-27-21(9-23(31)30(22)29-13)28-24-10-14-4-15(11-24)6-16(5-14)12-24/h2-3,7,9,14-16,19,28H,4-6,8,10-12H2,1H3. The first-order chi connectivity index (χ1) is 14.9. The van der Waals surface area contributed by atoms with Gasteiger partial charge in [0, 0.05) is 35.7 Å². The molecule has 1 N–H and O–H groups in total. The molecular formula is C24H26F2N4O. The molecular weight excluding hydrogens is 398 g/mol. The maximum absolute atomic E-state index is 14.4. The van der Waals surface area contributed by atoms with Crippen LogP contribution in [0.1, 0.15) is 62.8 Å². The predicted octanol–water partition coefficient (Wildman–Crippen LogP) is 4.47. The van der Waals surface area contributed by atoms with Crippen molar-refractivity contribution in [2.75, 3.05) is 5.32 Å². The second kappa shape index (κ2) is 6.71. The number of anilines is 1. The zero-order valence-electron chi connectivity index (χ0n) is 17.6. The Morgan fingerprint density at radius 1 is 1.06 bits per heavy atom. The van der Waals surface area contributed by atoms with E-state index < -0.39 is 11.6 Å². The molecule has 1 unspecified atom stereocenters. The number of nitrogens with zero attached hydrogens (tertiary/aromatic N) is 3. The van der Waals surface area contributed by atoms with E-state index in [2.05, 4.69) is 10.4 Å². The summed E-state index contributed by atoms with van der Waals surface area (Å²) in [5.74, 6) is 1.90. The third-order valence-electron chi connectivity index (χ3n) is 7.88. The molecule has 4 bridgehead atoms. The lowest BCUT2D eigenvalue weighted by atomic mass is 9.53. The van der Waals surface area contributed by atoms with Gasteiger partial charge in [0.05, 0.1) is 0 Å². The highest BCUT2D eigenvalue weighted by Gasteiger charge is 2.51. The summed E-state index contributed by atoms with van der Waals surface area (Å²) in [6.07, 6.45) is 7.85. The first kappa shape index (κ1) is 19.1. The Morgan fingerprint density at radius 2 is 1.74 bits per heavy atom. The van der Waals surface area contributed by atoms with Gasteiger partial charge in [0.1, 0.15) is 23.3 Å². The Balaban J connectivity index is 1.33. The van der Waals surface area contributed by atoms with Gasteiger partial charge in [0.15, 0.2) is 0 Å². The fourth-order valence-electron chi connectivity index (χ4n) is 7.04. The van der Waals surface area contributed by atoms with Crippen LogP contribution in [0.2, 0.25) is 0 Å². The molecule has 31 heavy (non-hydrogen) atoms. The molecule has 1 aromatic carbocycles. The van der Waals surface area contributed by atoms with Gasteiger partial charge in [-0.3, -0.25) is 4.79 Å². The summed E-state index contributed by atoms with van der Waals surface area (Å²) in [6.45, 7) is 1.77. The highest BCUT2D eigenvalue weighted by atomic mass is 19.1. The van der Waals surface area contributed by atoms with E-state index >= 15 is 0 Å². The highest BCUT2D eigenvalue weighted by molar-refractivity contribution is 5.89. The quantitative estimate of drug-likeness (QED) is 0.791. The Morgan fingerprint density at radius 3 is 2.39 bits per heavy atom. The average Bonchev–Trinajstić information content (AvgIpc) is 2.67. The van der Waals surface area contributed by atoms with E-state index in [1.807, 2.05) is 0 Å². The molecule has 7 heteroatoms. The Kier molecular flexibility index (Phi) is 4.14. The van der Waals surface area contributed by atoms with Crippen molar-refractivity contribution in [2.24, 2.45) is 22.9 Å². The minimum atomic E-state index is -0.608. The van der Waals surface area contributed by atoms with Gasteiger partial charge in [0.2, 0.25) is 0 Å². The molecule has 5 aliphatic rings. The van der Waals surface area contributed by atoms with Crippen LogP contribution in [-0.2, 0) is 6.42 Å². The van der Waals surface area contributed by atoms with Crippen molar-refractivity contribution in [3.05, 3.63) is 57.6 Å². The summed E-state index contributed by atoms with van der Waals surface area (Å²) in [5, 5.41) is 8.07. The Bertz CT molecular complexity index is 1120. The summed E-state index contributed by atoms with van der Waals surface area (Å²) in [4.78, 5) is 17.6. The van der Waals surface area contributed by atoms with Gasteiger partial charge >= 0.3 is 0 Å². The zero-order valence-corrected chi connectivity index (χ0v) is 17.6. The molecule has 4 saturated carbocycles. The van der Waals surface area contributed by atoms with Crippen molar-refractivity contribution < 1.29 is 8.78 Å². The van der Waals surface area contributed by atoms with Gasteiger partial charge in [0.25, 0.3) is 5.56 Å². The molecule has 2 heterocycles. The monoisotopic (exact) mass is 424 g/mol. The van der Waals surface area contributed by atoms with Gasteiger partial charge in [-0.05, 0) is 74.8 Å². The van der Waals surface area contributed by atoms with Crippen molar-refractivity contribution in [1.29, 1.82) is 0 Å². The van der Waals surface area contributed by atoms with Gasteiger partial charge in [-0.25, -0.2) is 13.8 Å². The van der Waals surface area contributed by atoms with Crippen LogP contribution in [0.5, 0.6) is 0 Å². The van der Waals surface area contributed by atoms with E-state index in [1.165, 1.54) is 42.1 Å². The zero-order chi connectivity index (χ0) is 21.3. The summed E-state index contributed by atoms with van der Waals surface area (Å²) in [6, 6.07) is 5.14. The number of rotatable bonds is 3. The third-order valence-corrected chi connectivity index (χ3v) is 7.88. The minimum Gasteiger partial charge on any atom is -0.364 e. The Hall–Kier alpha value is -2.57. The first-order valence-electron chi connectivity index (χ1n) is 11.3. The molecule has 1 aromatic heterocycles. The number of halogens is 2. The van der Waals surface area contributed by atoms with E-state index in [0.29, 0.717) is 29.3 Å². The van der Waals surface area contributed by atoms with Crippen molar-refractivity contribution in [2.45, 2.75) is 63.3 Å². The Labute approximate surface area is 179 Å². The SMILES string of the molecule is CC1=Nn2c(nc(NC34CC5CC(CC(C5)C3)C4)cc2=O)CC1c1ccc(F)cc1F. The van der Waals surface area contributed by atoms with Crippen LogP contribution in [0.3, 0.4) is 0 Å². The van der Waals surface area contributed by atoms with Gasteiger partial charge < -0.3 is 5.32 Å². The largest absolute Gasteiger partial charge is 0.364 e. The van der Waals surface area contributed by atoms with Crippen molar-refractivity contribution in [1.82, 2.24) is 9.66 Å². The van der Waals surface area contributed by atoms with Crippen LogP contribution < -0.4 is 10.9 Å². The molecule has 7 rings (SSSR count). The molecule has 0 spiro atoms. The van der Waals surface area contributed by atoms with Crippen LogP contribution in [0, 0.1) is 29.4 Å². The summed E-state index contributed by atoms with van der Waals surface area (Å²) < 4.78 is 29.1. The number of aromatic nitrogens is 2. The van der Waals surface area contributed by atoms with E-state index in [1.54, 1.807) is 6.92 Å². The fraction of sp³-hybridized carbons (Fsp3) is 0.542. The van der Waals surface area contributed by atoms with Gasteiger partial charge in [-0.15, -0.1) is 0 Å². The molecule has 4 fully saturated rings. The lowest BCUT2D eigenvalue weighted by Crippen LogP contribution is -2.55. The third kappa shape index (κ3) is 3.20. The molecule has 4 aliphatic carbocycles. The van der Waals surface area contributed by atoms with E-state index in [4.69, 9.17) is 4.98 Å². The van der Waals surface area contributed by atoms with Crippen LogP contribution in [-0.4, -0.2) is 20.9 Å². The molecule has 0 amide bonds. The highest BCUT2D eigenvalue weighted by Crippen LogP contribution is 2.56. The molecule has 2 aromatic rings. The molecule has 162 valence electrons. The van der Waals surface area contributed by atoms with Crippen LogP contribution in [0.25, 0.3) is 0 Å². The van der Waals surface area contributed by atoms with Gasteiger partial charge in [-0.2, -0.15) is 9.78 Å². The van der Waals surface area contributed by atoms with Gasteiger partial charge in [-0.1, -0.05) is 6.07 Å². The maximum atomic E-state index is 14.4. The molecule has 1 aliphatic heterocycles. The second-order valence-electron chi connectivity index (χ2n) is 10.2.